The van der Waals surface area contributed by atoms with Crippen molar-refractivity contribution in [1.29, 1.82) is 0 Å². The second-order valence-corrected chi connectivity index (χ2v) is 5.78. The summed E-state index contributed by atoms with van der Waals surface area (Å²) >= 11 is 6.17. The maximum atomic E-state index is 12.1. The molecular weight excluding hydrogens is 342 g/mol. The van der Waals surface area contributed by atoms with Gasteiger partial charge in [-0.3, -0.25) is 4.79 Å². The van der Waals surface area contributed by atoms with Gasteiger partial charge in [-0.15, -0.1) is 0 Å². The van der Waals surface area contributed by atoms with Crippen LogP contribution in [0.2, 0.25) is 5.02 Å². The van der Waals surface area contributed by atoms with E-state index in [-0.39, 0.29) is 10.6 Å². The second kappa shape index (κ2) is 9.32. The SMILES string of the molecule is CCCn1ncc(NCc2ccc(OCC)c(OCC)c2)c(Cl)c1=O. The zero-order valence-corrected chi connectivity index (χ0v) is 15.6. The first-order valence-electron chi connectivity index (χ1n) is 8.48. The fourth-order valence-electron chi connectivity index (χ4n) is 2.36. The summed E-state index contributed by atoms with van der Waals surface area (Å²) in [5.74, 6) is 1.42. The van der Waals surface area contributed by atoms with E-state index >= 15 is 0 Å². The van der Waals surface area contributed by atoms with Gasteiger partial charge in [0, 0.05) is 13.1 Å². The standard InChI is InChI=1S/C18H24ClN3O3/c1-4-9-22-18(23)17(19)14(12-21-22)20-11-13-7-8-15(24-5-2)16(10-13)25-6-3/h7-8,10,12,20H,4-6,9,11H2,1-3H3. The van der Waals surface area contributed by atoms with E-state index in [1.807, 2.05) is 39.0 Å². The molecule has 0 aliphatic heterocycles. The quantitative estimate of drug-likeness (QED) is 0.733. The molecule has 6 nitrogen and oxygen atoms in total. The van der Waals surface area contributed by atoms with Gasteiger partial charge in [-0.05, 0) is 38.0 Å². The lowest BCUT2D eigenvalue weighted by molar-refractivity contribution is 0.287. The molecular formula is C18H24ClN3O3. The minimum absolute atomic E-state index is 0.152. The van der Waals surface area contributed by atoms with Crippen molar-refractivity contribution in [3.05, 3.63) is 45.3 Å². The normalized spacial score (nSPS) is 10.6. The Bertz CT molecular complexity index is 762. The maximum Gasteiger partial charge on any atom is 0.287 e. The molecule has 0 saturated carbocycles. The number of aryl methyl sites for hydroxylation is 1. The Morgan fingerprint density at radius 1 is 1.16 bits per heavy atom. The number of nitrogens with one attached hydrogen (secondary N) is 1. The van der Waals surface area contributed by atoms with E-state index in [9.17, 15) is 4.79 Å². The molecule has 136 valence electrons. The van der Waals surface area contributed by atoms with E-state index in [4.69, 9.17) is 21.1 Å². The molecule has 0 aliphatic carbocycles. The van der Waals surface area contributed by atoms with E-state index in [0.29, 0.717) is 37.7 Å². The number of hydrogen-bond acceptors (Lipinski definition) is 5. The highest BCUT2D eigenvalue weighted by Gasteiger charge is 2.10. The summed E-state index contributed by atoms with van der Waals surface area (Å²) in [6.07, 6.45) is 2.40. The van der Waals surface area contributed by atoms with Gasteiger partial charge in [0.1, 0.15) is 5.02 Å². The fourth-order valence-corrected chi connectivity index (χ4v) is 2.58. The van der Waals surface area contributed by atoms with Gasteiger partial charge in [-0.2, -0.15) is 5.10 Å². The van der Waals surface area contributed by atoms with Gasteiger partial charge in [-0.1, -0.05) is 24.6 Å². The molecule has 1 heterocycles. The first-order chi connectivity index (χ1) is 12.1. The topological polar surface area (TPSA) is 65.4 Å². The highest BCUT2D eigenvalue weighted by atomic mass is 35.5. The summed E-state index contributed by atoms with van der Waals surface area (Å²) in [6, 6.07) is 5.74. The lowest BCUT2D eigenvalue weighted by Gasteiger charge is -2.14. The largest absolute Gasteiger partial charge is 0.490 e. The Balaban J connectivity index is 2.14. The molecule has 0 bridgehead atoms. The molecule has 1 N–H and O–H groups in total. The van der Waals surface area contributed by atoms with Crippen LogP contribution < -0.4 is 20.3 Å². The molecule has 0 radical (unpaired) electrons. The molecule has 0 atom stereocenters. The zero-order chi connectivity index (χ0) is 18.2. The highest BCUT2D eigenvalue weighted by Crippen LogP contribution is 2.29. The van der Waals surface area contributed by atoms with Crippen LogP contribution in [-0.2, 0) is 13.1 Å². The van der Waals surface area contributed by atoms with Crippen molar-refractivity contribution >= 4 is 17.3 Å². The lowest BCUT2D eigenvalue weighted by atomic mass is 10.2. The molecule has 0 unspecified atom stereocenters. The summed E-state index contributed by atoms with van der Waals surface area (Å²) in [5.41, 5.74) is 1.22. The highest BCUT2D eigenvalue weighted by molar-refractivity contribution is 6.32. The monoisotopic (exact) mass is 365 g/mol. The Kier molecular flexibility index (Phi) is 7.13. The van der Waals surface area contributed by atoms with Crippen LogP contribution in [0.5, 0.6) is 11.5 Å². The number of aromatic nitrogens is 2. The average molecular weight is 366 g/mol. The van der Waals surface area contributed by atoms with Crippen molar-refractivity contribution in [3.63, 3.8) is 0 Å². The summed E-state index contributed by atoms with van der Waals surface area (Å²) in [5, 5.41) is 7.45. The summed E-state index contributed by atoms with van der Waals surface area (Å²) < 4.78 is 12.6. The summed E-state index contributed by atoms with van der Waals surface area (Å²) in [4.78, 5) is 12.1. The summed E-state index contributed by atoms with van der Waals surface area (Å²) in [6.45, 7) is 8.02. The third-order valence-corrected chi connectivity index (χ3v) is 3.88. The minimum atomic E-state index is -0.282. The predicted molar refractivity (Wildman–Crippen MR) is 99.9 cm³/mol. The second-order valence-electron chi connectivity index (χ2n) is 5.40. The van der Waals surface area contributed by atoms with Crippen LogP contribution in [0.4, 0.5) is 5.69 Å². The maximum absolute atomic E-state index is 12.1. The van der Waals surface area contributed by atoms with Crippen molar-refractivity contribution in [2.45, 2.75) is 40.3 Å². The van der Waals surface area contributed by atoms with E-state index in [1.165, 1.54) is 4.68 Å². The van der Waals surface area contributed by atoms with Gasteiger partial charge in [0.2, 0.25) is 0 Å². The number of nitrogens with zero attached hydrogens (tertiary/aromatic N) is 2. The number of rotatable bonds is 9. The van der Waals surface area contributed by atoms with Gasteiger partial charge < -0.3 is 14.8 Å². The first-order valence-corrected chi connectivity index (χ1v) is 8.86. The Morgan fingerprint density at radius 3 is 2.56 bits per heavy atom. The third kappa shape index (κ3) is 4.89. The molecule has 0 amide bonds. The molecule has 1 aromatic heterocycles. The molecule has 2 rings (SSSR count). The lowest BCUT2D eigenvalue weighted by Crippen LogP contribution is -2.24. The van der Waals surface area contributed by atoms with E-state index in [2.05, 4.69) is 10.4 Å². The van der Waals surface area contributed by atoms with E-state index < -0.39 is 0 Å². The van der Waals surface area contributed by atoms with Crippen LogP contribution in [-0.4, -0.2) is 23.0 Å². The smallest absolute Gasteiger partial charge is 0.287 e. The van der Waals surface area contributed by atoms with E-state index in [0.717, 1.165) is 17.7 Å². The van der Waals surface area contributed by atoms with Gasteiger partial charge in [0.15, 0.2) is 11.5 Å². The van der Waals surface area contributed by atoms with Crippen LogP contribution in [0.1, 0.15) is 32.8 Å². The van der Waals surface area contributed by atoms with Gasteiger partial charge in [0.25, 0.3) is 5.56 Å². The Morgan fingerprint density at radius 2 is 1.88 bits per heavy atom. The van der Waals surface area contributed by atoms with Crippen LogP contribution >= 0.6 is 11.6 Å². The Hall–Kier alpha value is -2.21. The molecule has 0 fully saturated rings. The molecule has 25 heavy (non-hydrogen) atoms. The molecule has 1 aromatic carbocycles. The van der Waals surface area contributed by atoms with Crippen LogP contribution in [0.3, 0.4) is 0 Å². The predicted octanol–water partition coefficient (Wildman–Crippen LogP) is 3.72. The molecule has 0 aliphatic rings. The molecule has 7 heteroatoms. The minimum Gasteiger partial charge on any atom is -0.490 e. The number of anilines is 1. The summed E-state index contributed by atoms with van der Waals surface area (Å²) in [7, 11) is 0. The average Bonchev–Trinajstić information content (AvgIpc) is 2.61. The van der Waals surface area contributed by atoms with Gasteiger partial charge >= 0.3 is 0 Å². The van der Waals surface area contributed by atoms with Gasteiger partial charge in [-0.25, -0.2) is 4.68 Å². The van der Waals surface area contributed by atoms with Crippen molar-refractivity contribution in [2.75, 3.05) is 18.5 Å². The first kappa shape index (κ1) is 19.1. The van der Waals surface area contributed by atoms with Crippen LogP contribution in [0.25, 0.3) is 0 Å². The number of hydrogen-bond donors (Lipinski definition) is 1. The number of halogens is 1. The van der Waals surface area contributed by atoms with E-state index in [1.54, 1.807) is 6.20 Å². The molecule has 2 aromatic rings. The Labute approximate surface area is 152 Å². The number of ether oxygens (including phenoxy) is 2. The number of benzene rings is 1. The van der Waals surface area contributed by atoms with Gasteiger partial charge in [0.05, 0.1) is 25.1 Å². The van der Waals surface area contributed by atoms with Crippen molar-refractivity contribution < 1.29 is 9.47 Å². The molecule has 0 spiro atoms. The van der Waals surface area contributed by atoms with Crippen LogP contribution in [0.15, 0.2) is 29.2 Å². The fraction of sp³-hybridized carbons (Fsp3) is 0.444. The van der Waals surface area contributed by atoms with Crippen LogP contribution in [0, 0.1) is 0 Å². The zero-order valence-electron chi connectivity index (χ0n) is 14.8. The third-order valence-electron chi connectivity index (χ3n) is 3.51. The van der Waals surface area contributed by atoms with Crippen molar-refractivity contribution in [2.24, 2.45) is 0 Å². The van der Waals surface area contributed by atoms with Crippen molar-refractivity contribution in [1.82, 2.24) is 9.78 Å². The molecule has 0 saturated heterocycles. The van der Waals surface area contributed by atoms with Crippen molar-refractivity contribution in [3.8, 4) is 11.5 Å².